The molecule has 0 aliphatic carbocycles. The van der Waals surface area contributed by atoms with Gasteiger partial charge in [0.2, 0.25) is 0 Å². The number of hydrogen-bond acceptors (Lipinski definition) is 3. The number of likely N-dealkylation sites (N-methyl/N-ethyl adjacent to an activating group) is 1. The number of benzene rings is 1. The summed E-state index contributed by atoms with van der Waals surface area (Å²) in [6.45, 7) is 9.08. The Hall–Kier alpha value is -1.07. The highest BCUT2D eigenvalue weighted by atomic mass is 79.9. The first-order valence-electron chi connectivity index (χ1n) is 6.56. The van der Waals surface area contributed by atoms with Gasteiger partial charge in [0, 0.05) is 28.3 Å². The fourth-order valence-electron chi connectivity index (χ4n) is 1.91. The zero-order chi connectivity index (χ0) is 14.4. The minimum absolute atomic E-state index is 0.0844. The molecule has 1 rings (SSSR count). The number of nitrogen functional groups attached to an aromatic ring is 1. The summed E-state index contributed by atoms with van der Waals surface area (Å²) in [6.07, 6.45) is 0. The van der Waals surface area contributed by atoms with Crippen molar-refractivity contribution >= 4 is 27.5 Å². The van der Waals surface area contributed by atoms with E-state index in [4.69, 9.17) is 5.73 Å². The Morgan fingerprint density at radius 1 is 1.42 bits per heavy atom. The third-order valence-electron chi connectivity index (χ3n) is 3.06. The molecular weight excluding hydrogens is 306 g/mol. The Balaban J connectivity index is 2.61. The van der Waals surface area contributed by atoms with Crippen LogP contribution >= 0.6 is 15.9 Å². The van der Waals surface area contributed by atoms with Crippen LogP contribution in [0.4, 0.5) is 5.69 Å². The van der Waals surface area contributed by atoms with Gasteiger partial charge in [-0.05, 0) is 54.1 Å². The normalized spacial score (nSPS) is 12.5. The maximum atomic E-state index is 12.1. The predicted molar refractivity (Wildman–Crippen MR) is 83.3 cm³/mol. The van der Waals surface area contributed by atoms with Gasteiger partial charge in [0.05, 0.1) is 0 Å². The number of carbonyl (C=O) groups excluding carboxylic acids is 1. The number of anilines is 1. The fourth-order valence-corrected chi connectivity index (χ4v) is 2.15. The zero-order valence-electron chi connectivity index (χ0n) is 11.7. The molecule has 19 heavy (non-hydrogen) atoms. The first kappa shape index (κ1) is 16.0. The maximum Gasteiger partial charge on any atom is 0.251 e. The van der Waals surface area contributed by atoms with Gasteiger partial charge in [0.15, 0.2) is 0 Å². The topological polar surface area (TPSA) is 58.4 Å². The van der Waals surface area contributed by atoms with Crippen LogP contribution in [-0.2, 0) is 0 Å². The van der Waals surface area contributed by atoms with Crippen molar-refractivity contribution in [1.29, 1.82) is 0 Å². The van der Waals surface area contributed by atoms with E-state index < -0.39 is 0 Å². The third-order valence-corrected chi connectivity index (χ3v) is 3.78. The summed E-state index contributed by atoms with van der Waals surface area (Å²) in [4.78, 5) is 14.4. The molecule has 1 amide bonds. The van der Waals surface area contributed by atoms with Gasteiger partial charge in [-0.25, -0.2) is 0 Å². The summed E-state index contributed by atoms with van der Waals surface area (Å²) in [5.41, 5.74) is 6.94. The number of halogens is 1. The van der Waals surface area contributed by atoms with Crippen LogP contribution in [0.5, 0.6) is 0 Å². The quantitative estimate of drug-likeness (QED) is 0.789. The predicted octanol–water partition coefficient (Wildman–Crippen LogP) is 2.49. The molecule has 0 fully saturated rings. The summed E-state index contributed by atoms with van der Waals surface area (Å²) in [5, 5.41) is 2.99. The molecule has 1 aromatic carbocycles. The van der Waals surface area contributed by atoms with Crippen molar-refractivity contribution in [1.82, 2.24) is 10.2 Å². The Morgan fingerprint density at radius 3 is 2.58 bits per heavy atom. The molecule has 1 unspecified atom stereocenters. The van der Waals surface area contributed by atoms with Gasteiger partial charge < -0.3 is 16.0 Å². The van der Waals surface area contributed by atoms with Crippen molar-refractivity contribution in [2.45, 2.75) is 26.8 Å². The van der Waals surface area contributed by atoms with Crippen molar-refractivity contribution in [2.75, 3.05) is 25.4 Å². The molecule has 0 aliphatic heterocycles. The Bertz CT molecular complexity index is 433. The van der Waals surface area contributed by atoms with E-state index in [2.05, 4.69) is 40.0 Å². The summed E-state index contributed by atoms with van der Waals surface area (Å²) in [6, 6.07) is 5.35. The van der Waals surface area contributed by atoms with E-state index in [0.29, 0.717) is 11.3 Å². The first-order valence-corrected chi connectivity index (χ1v) is 7.35. The number of nitrogens with two attached hydrogens (primary N) is 1. The van der Waals surface area contributed by atoms with Gasteiger partial charge in [-0.15, -0.1) is 0 Å². The summed E-state index contributed by atoms with van der Waals surface area (Å²) >= 11 is 3.32. The van der Waals surface area contributed by atoms with Crippen LogP contribution in [0.25, 0.3) is 0 Å². The van der Waals surface area contributed by atoms with Crippen molar-refractivity contribution in [3.63, 3.8) is 0 Å². The molecule has 0 spiro atoms. The standard InChI is InChI=1S/C14H22BrN3O/c1-4-18(5-2)9-10(3)17-14(19)11-6-7-12(15)13(16)8-11/h6-8,10H,4-5,9,16H2,1-3H3,(H,17,19). The molecule has 0 aromatic heterocycles. The van der Waals surface area contributed by atoms with Crippen LogP contribution in [0, 0.1) is 0 Å². The molecule has 0 saturated heterocycles. The highest BCUT2D eigenvalue weighted by Crippen LogP contribution is 2.20. The Morgan fingerprint density at radius 2 is 2.05 bits per heavy atom. The van der Waals surface area contributed by atoms with Crippen LogP contribution in [0.1, 0.15) is 31.1 Å². The van der Waals surface area contributed by atoms with Gasteiger partial charge in [-0.3, -0.25) is 4.79 Å². The van der Waals surface area contributed by atoms with E-state index in [1.807, 2.05) is 6.92 Å². The van der Waals surface area contributed by atoms with E-state index in [1.165, 1.54) is 0 Å². The monoisotopic (exact) mass is 327 g/mol. The fraction of sp³-hybridized carbons (Fsp3) is 0.500. The average Bonchev–Trinajstić information content (AvgIpc) is 2.38. The highest BCUT2D eigenvalue weighted by molar-refractivity contribution is 9.10. The van der Waals surface area contributed by atoms with Crippen LogP contribution in [0.2, 0.25) is 0 Å². The third kappa shape index (κ3) is 4.84. The van der Waals surface area contributed by atoms with Crippen molar-refractivity contribution in [3.8, 4) is 0 Å². The molecule has 4 nitrogen and oxygen atoms in total. The minimum Gasteiger partial charge on any atom is -0.398 e. The summed E-state index contributed by atoms with van der Waals surface area (Å²) in [7, 11) is 0. The largest absolute Gasteiger partial charge is 0.398 e. The lowest BCUT2D eigenvalue weighted by molar-refractivity contribution is 0.0930. The number of rotatable bonds is 6. The number of carbonyl (C=O) groups is 1. The van der Waals surface area contributed by atoms with Crippen molar-refractivity contribution in [3.05, 3.63) is 28.2 Å². The lowest BCUT2D eigenvalue weighted by Crippen LogP contribution is -2.41. The summed E-state index contributed by atoms with van der Waals surface area (Å²) < 4.78 is 0.806. The molecule has 0 bridgehead atoms. The second kappa shape index (κ2) is 7.50. The van der Waals surface area contributed by atoms with E-state index in [0.717, 1.165) is 24.1 Å². The molecular formula is C14H22BrN3O. The molecule has 0 radical (unpaired) electrons. The molecule has 1 atom stereocenters. The van der Waals surface area contributed by atoms with E-state index in [1.54, 1.807) is 18.2 Å². The Labute approximate surface area is 123 Å². The van der Waals surface area contributed by atoms with Crippen molar-refractivity contribution in [2.24, 2.45) is 0 Å². The van der Waals surface area contributed by atoms with Crippen LogP contribution in [0.3, 0.4) is 0 Å². The Kier molecular flexibility index (Phi) is 6.31. The lowest BCUT2D eigenvalue weighted by Gasteiger charge is -2.23. The smallest absolute Gasteiger partial charge is 0.251 e. The highest BCUT2D eigenvalue weighted by Gasteiger charge is 2.12. The number of hydrogen-bond donors (Lipinski definition) is 2. The minimum atomic E-state index is -0.0844. The second-order valence-electron chi connectivity index (χ2n) is 4.60. The molecule has 0 saturated carbocycles. The lowest BCUT2D eigenvalue weighted by atomic mass is 10.1. The van der Waals surface area contributed by atoms with Crippen LogP contribution in [-0.4, -0.2) is 36.5 Å². The number of amides is 1. The molecule has 5 heteroatoms. The van der Waals surface area contributed by atoms with Gasteiger partial charge in [-0.2, -0.15) is 0 Å². The zero-order valence-corrected chi connectivity index (χ0v) is 13.3. The first-order chi connectivity index (χ1) is 8.97. The van der Waals surface area contributed by atoms with Crippen LogP contribution in [0.15, 0.2) is 22.7 Å². The van der Waals surface area contributed by atoms with Gasteiger partial charge in [0.25, 0.3) is 5.91 Å². The number of nitrogens with zero attached hydrogens (tertiary/aromatic N) is 1. The molecule has 3 N–H and O–H groups in total. The average molecular weight is 328 g/mol. The maximum absolute atomic E-state index is 12.1. The second-order valence-corrected chi connectivity index (χ2v) is 5.45. The van der Waals surface area contributed by atoms with E-state index >= 15 is 0 Å². The van der Waals surface area contributed by atoms with Gasteiger partial charge in [-0.1, -0.05) is 13.8 Å². The summed E-state index contributed by atoms with van der Waals surface area (Å²) in [5.74, 6) is -0.0844. The van der Waals surface area contributed by atoms with Crippen LogP contribution < -0.4 is 11.1 Å². The van der Waals surface area contributed by atoms with E-state index in [9.17, 15) is 4.79 Å². The molecule has 106 valence electrons. The SMILES string of the molecule is CCN(CC)CC(C)NC(=O)c1ccc(Br)c(N)c1. The van der Waals surface area contributed by atoms with Gasteiger partial charge >= 0.3 is 0 Å². The molecule has 0 heterocycles. The number of nitrogens with one attached hydrogen (secondary N) is 1. The molecule has 0 aliphatic rings. The van der Waals surface area contributed by atoms with Gasteiger partial charge in [0.1, 0.15) is 0 Å². The van der Waals surface area contributed by atoms with Crippen molar-refractivity contribution < 1.29 is 4.79 Å². The van der Waals surface area contributed by atoms with E-state index in [-0.39, 0.29) is 11.9 Å². The molecule has 1 aromatic rings.